The summed E-state index contributed by atoms with van der Waals surface area (Å²) in [5.74, 6) is 1.54. The second-order valence-corrected chi connectivity index (χ2v) is 7.54. The first-order valence-electron chi connectivity index (χ1n) is 8.35. The SMILES string of the molecule is CCCNC(c1ccc(Br)cc1Cl)C1CCCCC1CC. The number of rotatable bonds is 6. The van der Waals surface area contributed by atoms with Crippen molar-refractivity contribution in [3.05, 3.63) is 33.3 Å². The van der Waals surface area contributed by atoms with Gasteiger partial charge in [-0.05, 0) is 48.9 Å². The van der Waals surface area contributed by atoms with Crippen molar-refractivity contribution >= 4 is 27.5 Å². The summed E-state index contributed by atoms with van der Waals surface area (Å²) >= 11 is 10.1. The summed E-state index contributed by atoms with van der Waals surface area (Å²) in [4.78, 5) is 0. The Morgan fingerprint density at radius 1 is 1.29 bits per heavy atom. The Bertz CT molecular complexity index is 449. The fraction of sp³-hybridized carbons (Fsp3) is 0.667. The summed E-state index contributed by atoms with van der Waals surface area (Å²) < 4.78 is 1.06. The van der Waals surface area contributed by atoms with E-state index in [9.17, 15) is 0 Å². The molecular weight excluding hydrogens is 346 g/mol. The molecule has 21 heavy (non-hydrogen) atoms. The molecule has 3 unspecified atom stereocenters. The lowest BCUT2D eigenvalue weighted by atomic mass is 9.72. The molecule has 0 aromatic heterocycles. The Balaban J connectivity index is 2.27. The van der Waals surface area contributed by atoms with E-state index in [1.54, 1.807) is 0 Å². The molecule has 0 heterocycles. The van der Waals surface area contributed by atoms with Crippen molar-refractivity contribution in [1.82, 2.24) is 5.32 Å². The van der Waals surface area contributed by atoms with Gasteiger partial charge in [-0.1, -0.05) is 73.1 Å². The van der Waals surface area contributed by atoms with Gasteiger partial charge in [-0.15, -0.1) is 0 Å². The van der Waals surface area contributed by atoms with Crippen LogP contribution in [-0.2, 0) is 0 Å². The molecule has 0 bridgehead atoms. The summed E-state index contributed by atoms with van der Waals surface area (Å²) in [5, 5.41) is 4.67. The average molecular weight is 373 g/mol. The molecule has 1 N–H and O–H groups in total. The van der Waals surface area contributed by atoms with Crippen LogP contribution >= 0.6 is 27.5 Å². The van der Waals surface area contributed by atoms with E-state index in [-0.39, 0.29) is 0 Å². The Morgan fingerprint density at radius 3 is 2.71 bits per heavy atom. The molecule has 1 saturated carbocycles. The summed E-state index contributed by atoms with van der Waals surface area (Å²) in [6.07, 6.45) is 7.90. The molecule has 0 amide bonds. The molecule has 1 aliphatic carbocycles. The highest BCUT2D eigenvalue weighted by Crippen LogP contribution is 2.42. The third-order valence-corrected chi connectivity index (χ3v) is 5.65. The monoisotopic (exact) mass is 371 g/mol. The molecule has 2 rings (SSSR count). The molecule has 0 radical (unpaired) electrons. The van der Waals surface area contributed by atoms with Crippen molar-refractivity contribution < 1.29 is 0 Å². The largest absolute Gasteiger partial charge is 0.310 e. The molecule has 1 nitrogen and oxygen atoms in total. The lowest BCUT2D eigenvalue weighted by molar-refractivity contribution is 0.175. The maximum absolute atomic E-state index is 6.54. The quantitative estimate of drug-likeness (QED) is 0.612. The molecule has 0 saturated heterocycles. The van der Waals surface area contributed by atoms with E-state index in [4.69, 9.17) is 11.6 Å². The van der Waals surface area contributed by atoms with Gasteiger partial charge in [0.25, 0.3) is 0 Å². The van der Waals surface area contributed by atoms with Gasteiger partial charge in [0.05, 0.1) is 0 Å². The molecule has 3 heteroatoms. The van der Waals surface area contributed by atoms with Crippen LogP contribution in [0.25, 0.3) is 0 Å². The van der Waals surface area contributed by atoms with Crippen LogP contribution in [0, 0.1) is 11.8 Å². The Hall–Kier alpha value is -0.0500. The van der Waals surface area contributed by atoms with Gasteiger partial charge in [-0.25, -0.2) is 0 Å². The first-order chi connectivity index (χ1) is 10.2. The third-order valence-electron chi connectivity index (χ3n) is 4.83. The average Bonchev–Trinajstić information content (AvgIpc) is 2.49. The lowest BCUT2D eigenvalue weighted by Gasteiger charge is -2.38. The molecule has 0 aliphatic heterocycles. The summed E-state index contributed by atoms with van der Waals surface area (Å²) in [6, 6.07) is 6.74. The Morgan fingerprint density at radius 2 is 2.05 bits per heavy atom. The predicted octanol–water partition coefficient (Wildman–Crippen LogP) is 6.36. The highest BCUT2D eigenvalue weighted by Gasteiger charge is 2.32. The van der Waals surface area contributed by atoms with E-state index in [1.807, 2.05) is 6.07 Å². The molecule has 0 spiro atoms. The van der Waals surface area contributed by atoms with Crippen molar-refractivity contribution in [2.24, 2.45) is 11.8 Å². The smallest absolute Gasteiger partial charge is 0.0465 e. The minimum absolute atomic E-state index is 0.399. The first-order valence-corrected chi connectivity index (χ1v) is 9.52. The number of benzene rings is 1. The minimum atomic E-state index is 0.399. The van der Waals surface area contributed by atoms with E-state index in [2.05, 4.69) is 47.2 Å². The van der Waals surface area contributed by atoms with Crippen molar-refractivity contribution in [1.29, 1.82) is 0 Å². The van der Waals surface area contributed by atoms with Crippen molar-refractivity contribution in [2.45, 2.75) is 58.4 Å². The van der Waals surface area contributed by atoms with E-state index in [0.29, 0.717) is 12.0 Å². The van der Waals surface area contributed by atoms with Gasteiger partial charge in [0, 0.05) is 15.5 Å². The number of hydrogen-bond donors (Lipinski definition) is 1. The van der Waals surface area contributed by atoms with Crippen LogP contribution in [0.5, 0.6) is 0 Å². The van der Waals surface area contributed by atoms with E-state index in [1.165, 1.54) is 37.7 Å². The molecule has 1 aliphatic rings. The van der Waals surface area contributed by atoms with Gasteiger partial charge >= 0.3 is 0 Å². The fourth-order valence-corrected chi connectivity index (χ4v) is 4.52. The molecule has 1 fully saturated rings. The van der Waals surface area contributed by atoms with Gasteiger partial charge in [0.15, 0.2) is 0 Å². The van der Waals surface area contributed by atoms with Gasteiger partial charge in [0.2, 0.25) is 0 Å². The van der Waals surface area contributed by atoms with Crippen molar-refractivity contribution in [3.63, 3.8) is 0 Å². The number of hydrogen-bond acceptors (Lipinski definition) is 1. The maximum atomic E-state index is 6.54. The minimum Gasteiger partial charge on any atom is -0.310 e. The van der Waals surface area contributed by atoms with Crippen molar-refractivity contribution in [3.8, 4) is 0 Å². The highest BCUT2D eigenvalue weighted by atomic mass is 79.9. The molecular formula is C18H27BrClN. The predicted molar refractivity (Wildman–Crippen MR) is 95.9 cm³/mol. The van der Waals surface area contributed by atoms with Gasteiger partial charge in [-0.3, -0.25) is 0 Å². The second kappa shape index (κ2) is 8.55. The van der Waals surface area contributed by atoms with Crippen LogP contribution in [0.1, 0.15) is 64.0 Å². The van der Waals surface area contributed by atoms with Crippen LogP contribution in [-0.4, -0.2) is 6.54 Å². The zero-order chi connectivity index (χ0) is 15.2. The van der Waals surface area contributed by atoms with Crippen LogP contribution in [0.2, 0.25) is 5.02 Å². The van der Waals surface area contributed by atoms with Gasteiger partial charge < -0.3 is 5.32 Å². The summed E-state index contributed by atoms with van der Waals surface area (Å²) in [6.45, 7) is 5.62. The fourth-order valence-electron chi connectivity index (χ4n) is 3.73. The highest BCUT2D eigenvalue weighted by molar-refractivity contribution is 9.10. The van der Waals surface area contributed by atoms with Crippen LogP contribution in [0.3, 0.4) is 0 Å². The zero-order valence-corrected chi connectivity index (χ0v) is 15.5. The molecule has 1 aromatic carbocycles. The zero-order valence-electron chi connectivity index (χ0n) is 13.2. The van der Waals surface area contributed by atoms with E-state index >= 15 is 0 Å². The molecule has 3 atom stereocenters. The first kappa shape index (κ1) is 17.3. The standard InChI is InChI=1S/C18H27BrClN/c1-3-11-21-18(15-8-6-5-7-13(15)4-2)16-10-9-14(19)12-17(16)20/h9-10,12-13,15,18,21H,3-8,11H2,1-2H3. The summed E-state index contributed by atoms with van der Waals surface area (Å²) in [5.41, 5.74) is 1.28. The Labute approximate surface area is 143 Å². The van der Waals surface area contributed by atoms with E-state index < -0.39 is 0 Å². The van der Waals surface area contributed by atoms with Crippen LogP contribution < -0.4 is 5.32 Å². The lowest BCUT2D eigenvalue weighted by Crippen LogP contribution is -2.35. The van der Waals surface area contributed by atoms with E-state index in [0.717, 1.165) is 28.4 Å². The third kappa shape index (κ3) is 4.46. The topological polar surface area (TPSA) is 12.0 Å². The van der Waals surface area contributed by atoms with Crippen LogP contribution in [0.4, 0.5) is 0 Å². The second-order valence-electron chi connectivity index (χ2n) is 6.21. The Kier molecular flexibility index (Phi) is 7.04. The number of nitrogens with one attached hydrogen (secondary N) is 1. The van der Waals surface area contributed by atoms with Gasteiger partial charge in [0.1, 0.15) is 0 Å². The van der Waals surface area contributed by atoms with Crippen LogP contribution in [0.15, 0.2) is 22.7 Å². The van der Waals surface area contributed by atoms with Gasteiger partial charge in [-0.2, -0.15) is 0 Å². The van der Waals surface area contributed by atoms with Crippen molar-refractivity contribution in [2.75, 3.05) is 6.54 Å². The normalized spacial score (nSPS) is 24.0. The summed E-state index contributed by atoms with van der Waals surface area (Å²) in [7, 11) is 0. The molecule has 118 valence electrons. The number of halogens is 2. The molecule has 1 aromatic rings. The maximum Gasteiger partial charge on any atom is 0.0465 e.